The van der Waals surface area contributed by atoms with Crippen LogP contribution in [0, 0.1) is 5.82 Å². The molecule has 0 saturated carbocycles. The Morgan fingerprint density at radius 3 is 2.63 bits per heavy atom. The quantitative estimate of drug-likeness (QED) is 0.367. The molecule has 35 heavy (non-hydrogen) atoms. The molecule has 0 unspecified atom stereocenters. The zero-order valence-electron chi connectivity index (χ0n) is 18.9. The van der Waals surface area contributed by atoms with Crippen molar-refractivity contribution in [2.24, 2.45) is 0 Å². The van der Waals surface area contributed by atoms with Gasteiger partial charge in [0.25, 0.3) is 0 Å². The van der Waals surface area contributed by atoms with E-state index >= 15 is 0 Å². The highest BCUT2D eigenvalue weighted by Crippen LogP contribution is 2.27. The fourth-order valence-electron chi connectivity index (χ4n) is 3.86. The lowest BCUT2D eigenvalue weighted by atomic mass is 10.2. The average molecular weight is 494 g/mol. The third kappa shape index (κ3) is 5.55. The number of carbonyl (C=O) groups is 1. The van der Waals surface area contributed by atoms with E-state index in [1.165, 1.54) is 17.8 Å². The van der Waals surface area contributed by atoms with Crippen LogP contribution in [0.15, 0.2) is 76.5 Å². The fraction of sp³-hybridized carbons (Fsp3) is 0.240. The number of aromatic nitrogens is 3. The van der Waals surface area contributed by atoms with Crippen LogP contribution in [0.4, 0.5) is 15.8 Å². The number of benzene rings is 2. The number of ether oxygens (including phenoxy) is 1. The second-order valence-electron chi connectivity index (χ2n) is 7.96. The van der Waals surface area contributed by atoms with Crippen molar-refractivity contribution < 1.29 is 18.3 Å². The molecule has 1 fully saturated rings. The van der Waals surface area contributed by atoms with Gasteiger partial charge in [0.1, 0.15) is 5.82 Å². The molecule has 8 nitrogen and oxygen atoms in total. The van der Waals surface area contributed by atoms with Crippen LogP contribution in [0.1, 0.15) is 5.56 Å². The van der Waals surface area contributed by atoms with Crippen LogP contribution in [0.3, 0.4) is 0 Å². The molecule has 0 spiro atoms. The van der Waals surface area contributed by atoms with Gasteiger partial charge in [-0.15, -0.1) is 10.2 Å². The van der Waals surface area contributed by atoms with E-state index in [4.69, 9.17) is 9.15 Å². The molecule has 1 N–H and O–H groups in total. The van der Waals surface area contributed by atoms with Crippen LogP contribution < -0.4 is 10.2 Å². The van der Waals surface area contributed by atoms with E-state index in [2.05, 4.69) is 15.5 Å². The third-order valence-corrected chi connectivity index (χ3v) is 6.52. The molecule has 5 rings (SSSR count). The average Bonchev–Trinajstić information content (AvgIpc) is 3.54. The van der Waals surface area contributed by atoms with Gasteiger partial charge in [-0.3, -0.25) is 9.36 Å². The molecule has 1 aliphatic rings. The number of amides is 1. The van der Waals surface area contributed by atoms with Crippen molar-refractivity contribution in [2.45, 2.75) is 11.7 Å². The minimum Gasteiger partial charge on any atom is -0.461 e. The summed E-state index contributed by atoms with van der Waals surface area (Å²) in [5, 5.41) is 11.9. The smallest absolute Gasteiger partial charge is 0.234 e. The topological polar surface area (TPSA) is 85.4 Å². The first kappa shape index (κ1) is 23.1. The molecule has 1 aliphatic heterocycles. The van der Waals surface area contributed by atoms with Gasteiger partial charge < -0.3 is 19.4 Å². The molecule has 10 heteroatoms. The molecular weight excluding hydrogens is 469 g/mol. The molecule has 0 bridgehead atoms. The summed E-state index contributed by atoms with van der Waals surface area (Å²) < 4.78 is 27.4. The van der Waals surface area contributed by atoms with Gasteiger partial charge in [-0.2, -0.15) is 0 Å². The maximum absolute atomic E-state index is 14.7. The van der Waals surface area contributed by atoms with Gasteiger partial charge in [-0.1, -0.05) is 42.1 Å². The van der Waals surface area contributed by atoms with Crippen molar-refractivity contribution in [3.8, 4) is 11.6 Å². The first-order chi connectivity index (χ1) is 17.2. The Labute approximate surface area is 206 Å². The number of hydrogen-bond acceptors (Lipinski definition) is 7. The number of anilines is 2. The SMILES string of the molecule is O=C(CSc1nnc(-c2ccco2)n1Cc1ccccc1)Nc1ccc(N2CCOCC2)c(F)c1. The number of furan rings is 1. The van der Waals surface area contributed by atoms with Gasteiger partial charge in [0.05, 0.1) is 37.5 Å². The van der Waals surface area contributed by atoms with E-state index in [0.717, 1.165) is 5.56 Å². The summed E-state index contributed by atoms with van der Waals surface area (Å²) in [6, 6.07) is 18.3. The highest BCUT2D eigenvalue weighted by molar-refractivity contribution is 7.99. The van der Waals surface area contributed by atoms with E-state index < -0.39 is 0 Å². The molecule has 2 aromatic heterocycles. The zero-order valence-corrected chi connectivity index (χ0v) is 19.7. The maximum Gasteiger partial charge on any atom is 0.234 e. The summed E-state index contributed by atoms with van der Waals surface area (Å²) in [5.74, 6) is 0.645. The Morgan fingerprint density at radius 1 is 1.06 bits per heavy atom. The third-order valence-electron chi connectivity index (χ3n) is 5.56. The van der Waals surface area contributed by atoms with Crippen LogP contribution in [-0.2, 0) is 16.1 Å². The molecule has 1 amide bonds. The highest BCUT2D eigenvalue weighted by Gasteiger charge is 2.19. The van der Waals surface area contributed by atoms with Gasteiger partial charge in [-0.25, -0.2) is 4.39 Å². The summed E-state index contributed by atoms with van der Waals surface area (Å²) in [6.45, 7) is 2.96. The maximum atomic E-state index is 14.7. The standard InChI is InChI=1S/C25H24FN5O3S/c26-20-15-19(8-9-21(20)30-10-13-33-14-11-30)27-23(32)17-35-25-29-28-24(22-7-4-12-34-22)31(25)16-18-5-2-1-3-6-18/h1-9,12,15H,10-11,13-14,16-17H2,(H,27,32). The van der Waals surface area contributed by atoms with Crippen molar-refractivity contribution >= 4 is 29.0 Å². The Hall–Kier alpha value is -3.63. The molecule has 180 valence electrons. The number of morpholine rings is 1. The molecule has 4 aromatic rings. The van der Waals surface area contributed by atoms with Gasteiger partial charge in [0.2, 0.25) is 11.7 Å². The summed E-state index contributed by atoms with van der Waals surface area (Å²) in [6.07, 6.45) is 1.58. The van der Waals surface area contributed by atoms with Gasteiger partial charge >= 0.3 is 0 Å². The van der Waals surface area contributed by atoms with Gasteiger partial charge in [0, 0.05) is 18.8 Å². The van der Waals surface area contributed by atoms with Crippen molar-refractivity contribution in [2.75, 3.05) is 42.3 Å². The Morgan fingerprint density at radius 2 is 1.89 bits per heavy atom. The zero-order chi connectivity index (χ0) is 24.0. The summed E-state index contributed by atoms with van der Waals surface area (Å²) in [7, 11) is 0. The molecule has 1 saturated heterocycles. The highest BCUT2D eigenvalue weighted by atomic mass is 32.2. The molecule has 2 aromatic carbocycles. The molecular formula is C25H24FN5O3S. The number of halogens is 1. The van der Waals surface area contributed by atoms with Crippen LogP contribution in [-0.4, -0.2) is 52.7 Å². The number of rotatable bonds is 8. The number of thioether (sulfide) groups is 1. The van der Waals surface area contributed by atoms with Crippen molar-refractivity contribution in [3.63, 3.8) is 0 Å². The summed E-state index contributed by atoms with van der Waals surface area (Å²) in [5.41, 5.74) is 1.99. The van der Waals surface area contributed by atoms with E-state index in [-0.39, 0.29) is 17.5 Å². The lowest BCUT2D eigenvalue weighted by molar-refractivity contribution is -0.113. The molecule has 0 aliphatic carbocycles. The summed E-state index contributed by atoms with van der Waals surface area (Å²) in [4.78, 5) is 14.6. The van der Waals surface area contributed by atoms with Gasteiger partial charge in [0.15, 0.2) is 10.9 Å². The van der Waals surface area contributed by atoms with E-state index in [0.29, 0.717) is 61.0 Å². The van der Waals surface area contributed by atoms with Crippen molar-refractivity contribution in [1.29, 1.82) is 0 Å². The van der Waals surface area contributed by atoms with Crippen molar-refractivity contribution in [1.82, 2.24) is 14.8 Å². The summed E-state index contributed by atoms with van der Waals surface area (Å²) >= 11 is 1.26. The number of nitrogens with one attached hydrogen (secondary N) is 1. The molecule has 0 radical (unpaired) electrons. The number of carbonyl (C=O) groups excluding carboxylic acids is 1. The van der Waals surface area contributed by atoms with E-state index in [9.17, 15) is 9.18 Å². The molecule has 0 atom stereocenters. The Kier molecular flexibility index (Phi) is 7.10. The van der Waals surface area contributed by atoms with Crippen LogP contribution in [0.2, 0.25) is 0 Å². The van der Waals surface area contributed by atoms with Gasteiger partial charge in [-0.05, 0) is 35.9 Å². The minimum atomic E-state index is -0.372. The van der Waals surface area contributed by atoms with Crippen LogP contribution >= 0.6 is 11.8 Å². The Balaban J connectivity index is 1.26. The Bertz CT molecular complexity index is 1270. The predicted molar refractivity (Wildman–Crippen MR) is 132 cm³/mol. The number of nitrogens with zero attached hydrogens (tertiary/aromatic N) is 4. The minimum absolute atomic E-state index is 0.0952. The van der Waals surface area contributed by atoms with E-state index in [1.807, 2.05) is 45.9 Å². The second kappa shape index (κ2) is 10.7. The van der Waals surface area contributed by atoms with Crippen LogP contribution in [0.25, 0.3) is 11.6 Å². The predicted octanol–water partition coefficient (Wildman–Crippen LogP) is 4.29. The molecule has 3 heterocycles. The first-order valence-electron chi connectivity index (χ1n) is 11.2. The lowest BCUT2D eigenvalue weighted by Crippen LogP contribution is -2.36. The normalized spacial score (nSPS) is 13.7. The van der Waals surface area contributed by atoms with Crippen LogP contribution in [0.5, 0.6) is 0 Å². The number of hydrogen-bond donors (Lipinski definition) is 1. The first-order valence-corrected chi connectivity index (χ1v) is 12.2. The largest absolute Gasteiger partial charge is 0.461 e. The van der Waals surface area contributed by atoms with E-state index in [1.54, 1.807) is 24.5 Å². The second-order valence-corrected chi connectivity index (χ2v) is 8.90. The monoisotopic (exact) mass is 493 g/mol. The fourth-order valence-corrected chi connectivity index (χ4v) is 4.60. The lowest BCUT2D eigenvalue weighted by Gasteiger charge is -2.29. The van der Waals surface area contributed by atoms with Crippen molar-refractivity contribution in [3.05, 3.63) is 78.3 Å².